The summed E-state index contributed by atoms with van der Waals surface area (Å²) in [4.78, 5) is 14.3. The topological polar surface area (TPSA) is 44.4 Å². The summed E-state index contributed by atoms with van der Waals surface area (Å²) in [6.45, 7) is 1.45. The number of hydrogen-bond donors (Lipinski definition) is 2. The normalized spacial score (nSPS) is 25.8. The summed E-state index contributed by atoms with van der Waals surface area (Å²) in [7, 11) is 0. The summed E-state index contributed by atoms with van der Waals surface area (Å²) in [5.41, 5.74) is 0.708. The fourth-order valence-corrected chi connectivity index (χ4v) is 4.08. The van der Waals surface area contributed by atoms with E-state index in [0.717, 1.165) is 25.8 Å². The number of anilines is 1. The van der Waals surface area contributed by atoms with Gasteiger partial charge in [0.2, 0.25) is 0 Å². The molecule has 2 saturated carbocycles. The zero-order chi connectivity index (χ0) is 15.9. The molecule has 1 aliphatic heterocycles. The third-order valence-electron chi connectivity index (χ3n) is 5.68. The first-order chi connectivity index (χ1) is 11.2. The van der Waals surface area contributed by atoms with Gasteiger partial charge in [-0.25, -0.2) is 9.18 Å². The number of halogens is 1. The van der Waals surface area contributed by atoms with Gasteiger partial charge in [0.1, 0.15) is 5.82 Å². The number of amides is 2. The smallest absolute Gasteiger partial charge is 0.315 e. The summed E-state index contributed by atoms with van der Waals surface area (Å²) in [6.07, 6.45) is 6.84. The number of carbonyl (C=O) groups excluding carboxylic acids is 1. The number of hydrogen-bond acceptors (Lipinski definition) is 2. The van der Waals surface area contributed by atoms with Gasteiger partial charge in [-0.15, -0.1) is 0 Å². The lowest BCUT2D eigenvalue weighted by atomic mass is 9.73. The minimum absolute atomic E-state index is 0.0445. The molecule has 5 heteroatoms. The molecule has 1 aromatic rings. The van der Waals surface area contributed by atoms with Crippen LogP contribution in [-0.2, 0) is 0 Å². The number of nitrogens with zero attached hydrogens (tertiary/aromatic N) is 1. The van der Waals surface area contributed by atoms with E-state index in [2.05, 4.69) is 10.6 Å². The van der Waals surface area contributed by atoms with Crippen molar-refractivity contribution in [2.75, 3.05) is 18.0 Å². The van der Waals surface area contributed by atoms with E-state index in [4.69, 9.17) is 0 Å². The van der Waals surface area contributed by atoms with Crippen molar-refractivity contribution in [2.45, 2.75) is 50.1 Å². The maximum absolute atomic E-state index is 13.9. The predicted octanol–water partition coefficient (Wildman–Crippen LogP) is 3.04. The van der Waals surface area contributed by atoms with Crippen molar-refractivity contribution >= 4 is 11.7 Å². The molecule has 3 aliphatic rings. The summed E-state index contributed by atoms with van der Waals surface area (Å²) in [5, 5.41) is 6.33. The molecular weight excluding hydrogens is 293 g/mol. The Morgan fingerprint density at radius 2 is 2.00 bits per heavy atom. The first-order valence-electron chi connectivity index (χ1n) is 8.74. The minimum atomic E-state index is -0.195. The first kappa shape index (κ1) is 14.8. The largest absolute Gasteiger partial charge is 0.367 e. The molecule has 1 heterocycles. The van der Waals surface area contributed by atoms with E-state index >= 15 is 0 Å². The van der Waals surface area contributed by atoms with Crippen LogP contribution in [0.1, 0.15) is 38.5 Å². The van der Waals surface area contributed by atoms with Crippen LogP contribution in [0.3, 0.4) is 0 Å². The molecule has 23 heavy (non-hydrogen) atoms. The second-order valence-electron chi connectivity index (χ2n) is 7.27. The van der Waals surface area contributed by atoms with Crippen LogP contribution in [0.15, 0.2) is 24.3 Å². The summed E-state index contributed by atoms with van der Waals surface area (Å²) < 4.78 is 13.9. The molecule has 0 spiro atoms. The Labute approximate surface area is 136 Å². The maximum atomic E-state index is 13.9. The highest BCUT2D eigenvalue weighted by molar-refractivity contribution is 5.75. The molecule has 4 nitrogen and oxygen atoms in total. The molecule has 2 aliphatic carbocycles. The van der Waals surface area contributed by atoms with Crippen molar-refractivity contribution in [2.24, 2.45) is 5.92 Å². The average molecular weight is 317 g/mol. The Morgan fingerprint density at radius 1 is 1.22 bits per heavy atom. The molecule has 2 amide bonds. The molecule has 0 radical (unpaired) electrons. The monoisotopic (exact) mass is 317 g/mol. The van der Waals surface area contributed by atoms with Crippen LogP contribution < -0.4 is 15.5 Å². The maximum Gasteiger partial charge on any atom is 0.315 e. The SMILES string of the molecule is O=C(NC1CCN(c2ccccc2F)C1)NC1(C2CC2)CCC1. The number of carbonyl (C=O) groups is 1. The second kappa shape index (κ2) is 5.69. The van der Waals surface area contributed by atoms with Crippen LogP contribution in [0.4, 0.5) is 14.9 Å². The molecule has 0 bridgehead atoms. The molecule has 1 aromatic carbocycles. The van der Waals surface area contributed by atoms with Crippen molar-refractivity contribution < 1.29 is 9.18 Å². The van der Waals surface area contributed by atoms with E-state index in [-0.39, 0.29) is 23.4 Å². The van der Waals surface area contributed by atoms with E-state index in [9.17, 15) is 9.18 Å². The average Bonchev–Trinajstić information content (AvgIpc) is 3.24. The molecule has 1 saturated heterocycles. The highest BCUT2D eigenvalue weighted by atomic mass is 19.1. The van der Waals surface area contributed by atoms with Gasteiger partial charge in [0.15, 0.2) is 0 Å². The quantitative estimate of drug-likeness (QED) is 0.896. The minimum Gasteiger partial charge on any atom is -0.367 e. The first-order valence-corrected chi connectivity index (χ1v) is 8.74. The van der Waals surface area contributed by atoms with Crippen LogP contribution >= 0.6 is 0 Å². The molecule has 1 unspecified atom stereocenters. The number of benzene rings is 1. The van der Waals surface area contributed by atoms with Crippen molar-refractivity contribution in [1.82, 2.24) is 10.6 Å². The van der Waals surface area contributed by atoms with Gasteiger partial charge in [0.05, 0.1) is 5.69 Å². The standard InChI is InChI=1S/C18H24FN3O/c19-15-4-1-2-5-16(15)22-11-8-14(12-22)20-17(23)21-18(9-3-10-18)13-6-7-13/h1-2,4-5,13-14H,3,6-12H2,(H2,20,21,23). The van der Waals surface area contributed by atoms with Crippen molar-refractivity contribution in [3.05, 3.63) is 30.1 Å². The molecule has 0 aromatic heterocycles. The Bertz CT molecular complexity index is 598. The fraction of sp³-hybridized carbons (Fsp3) is 0.611. The van der Waals surface area contributed by atoms with E-state index < -0.39 is 0 Å². The molecule has 2 N–H and O–H groups in total. The molecule has 3 fully saturated rings. The van der Waals surface area contributed by atoms with Gasteiger partial charge in [0, 0.05) is 24.7 Å². The van der Waals surface area contributed by atoms with Crippen molar-refractivity contribution in [1.29, 1.82) is 0 Å². The third-order valence-corrected chi connectivity index (χ3v) is 5.68. The Kier molecular flexibility index (Phi) is 3.66. The van der Waals surface area contributed by atoms with Crippen LogP contribution in [0.2, 0.25) is 0 Å². The van der Waals surface area contributed by atoms with E-state index in [0.29, 0.717) is 18.2 Å². The lowest BCUT2D eigenvalue weighted by Gasteiger charge is -2.43. The number of para-hydroxylation sites is 1. The van der Waals surface area contributed by atoms with Crippen molar-refractivity contribution in [3.63, 3.8) is 0 Å². The van der Waals surface area contributed by atoms with Crippen LogP contribution in [0.5, 0.6) is 0 Å². The van der Waals surface area contributed by atoms with Gasteiger partial charge >= 0.3 is 6.03 Å². The van der Waals surface area contributed by atoms with Crippen LogP contribution in [-0.4, -0.2) is 30.7 Å². The second-order valence-corrected chi connectivity index (χ2v) is 7.27. The van der Waals surface area contributed by atoms with Crippen molar-refractivity contribution in [3.8, 4) is 0 Å². The Balaban J connectivity index is 1.32. The number of urea groups is 1. The fourth-order valence-electron chi connectivity index (χ4n) is 4.08. The van der Waals surface area contributed by atoms with Crippen LogP contribution in [0.25, 0.3) is 0 Å². The number of rotatable bonds is 4. The summed E-state index contributed by atoms with van der Waals surface area (Å²) >= 11 is 0. The van der Waals surface area contributed by atoms with Gasteiger partial charge < -0.3 is 15.5 Å². The van der Waals surface area contributed by atoms with Gasteiger partial charge in [-0.3, -0.25) is 0 Å². The van der Waals surface area contributed by atoms with E-state index in [1.165, 1.54) is 25.3 Å². The van der Waals surface area contributed by atoms with Gasteiger partial charge in [-0.1, -0.05) is 12.1 Å². The predicted molar refractivity (Wildman–Crippen MR) is 88.0 cm³/mol. The summed E-state index contributed by atoms with van der Waals surface area (Å²) in [6, 6.07) is 6.88. The number of nitrogens with one attached hydrogen (secondary N) is 2. The van der Waals surface area contributed by atoms with E-state index in [1.54, 1.807) is 12.1 Å². The molecule has 4 rings (SSSR count). The molecule has 1 atom stereocenters. The molecule has 124 valence electrons. The van der Waals surface area contributed by atoms with Gasteiger partial charge in [-0.2, -0.15) is 0 Å². The van der Waals surface area contributed by atoms with Gasteiger partial charge in [-0.05, 0) is 56.6 Å². The highest BCUT2D eigenvalue weighted by Gasteiger charge is 2.50. The summed E-state index contributed by atoms with van der Waals surface area (Å²) in [5.74, 6) is 0.500. The third kappa shape index (κ3) is 2.89. The van der Waals surface area contributed by atoms with Gasteiger partial charge in [0.25, 0.3) is 0 Å². The zero-order valence-corrected chi connectivity index (χ0v) is 13.4. The lowest BCUT2D eigenvalue weighted by Crippen LogP contribution is -2.59. The highest BCUT2D eigenvalue weighted by Crippen LogP contribution is 2.50. The Morgan fingerprint density at radius 3 is 2.65 bits per heavy atom. The molecular formula is C18H24FN3O. The zero-order valence-electron chi connectivity index (χ0n) is 13.4. The lowest BCUT2D eigenvalue weighted by molar-refractivity contribution is 0.153. The Hall–Kier alpha value is -1.78. The van der Waals surface area contributed by atoms with Crippen LogP contribution in [0, 0.1) is 11.7 Å². The van der Waals surface area contributed by atoms with E-state index in [1.807, 2.05) is 11.0 Å².